The third kappa shape index (κ3) is 4.30. The number of thiocarbonyl (C=S) groups is 1. The molecule has 2 fully saturated rings. The van der Waals surface area contributed by atoms with E-state index in [1.54, 1.807) is 0 Å². The Hall–Kier alpha value is -1.17. The van der Waals surface area contributed by atoms with Crippen molar-refractivity contribution >= 4 is 34.8 Å². The van der Waals surface area contributed by atoms with Crippen molar-refractivity contribution in [1.29, 1.82) is 0 Å². The van der Waals surface area contributed by atoms with Gasteiger partial charge in [-0.25, -0.2) is 0 Å². The van der Waals surface area contributed by atoms with Crippen molar-refractivity contribution in [2.45, 2.75) is 69.4 Å². The van der Waals surface area contributed by atoms with E-state index in [1.165, 1.54) is 6.42 Å². The fourth-order valence-electron chi connectivity index (χ4n) is 4.99. The molecule has 0 aromatic heterocycles. The van der Waals surface area contributed by atoms with E-state index in [0.717, 1.165) is 42.7 Å². The van der Waals surface area contributed by atoms with Crippen LogP contribution in [0.3, 0.4) is 0 Å². The second-order valence-electron chi connectivity index (χ2n) is 7.85. The molecule has 1 aliphatic carbocycles. The van der Waals surface area contributed by atoms with Crippen LogP contribution in [0.4, 0.5) is 0 Å². The molecule has 3 unspecified atom stereocenters. The molecule has 4 nitrogen and oxygen atoms in total. The monoisotopic (exact) mass is 408 g/mol. The second-order valence-corrected chi connectivity index (χ2v) is 8.68. The van der Waals surface area contributed by atoms with Crippen molar-refractivity contribution in [2.75, 3.05) is 6.54 Å². The number of hydrogen-bond donors (Lipinski definition) is 3. The fraction of sp³-hybridized carbons (Fsp3) is 0.619. The van der Waals surface area contributed by atoms with Gasteiger partial charge in [0.15, 0.2) is 5.05 Å². The predicted octanol–water partition coefficient (Wildman–Crippen LogP) is 4.52. The molecular formula is C21H29ClN2O2S. The summed E-state index contributed by atoms with van der Waals surface area (Å²) in [5, 5.41) is 17.0. The van der Waals surface area contributed by atoms with Gasteiger partial charge in [0.25, 0.3) is 0 Å². The van der Waals surface area contributed by atoms with E-state index in [2.05, 4.69) is 23.6 Å². The topological polar surface area (TPSA) is 61.4 Å². The summed E-state index contributed by atoms with van der Waals surface area (Å²) in [6.45, 7) is 2.86. The summed E-state index contributed by atoms with van der Waals surface area (Å²) in [6.07, 6.45) is 6.92. The van der Waals surface area contributed by atoms with Crippen LogP contribution in [0.5, 0.6) is 0 Å². The number of hydrogen-bond acceptors (Lipinski definition) is 3. The smallest absolute Gasteiger partial charge is 0.225 e. The minimum Gasteiger partial charge on any atom is -0.501 e. The number of rotatable bonds is 6. The molecule has 0 spiro atoms. The minimum atomic E-state index is -0.430. The molecule has 1 aromatic rings. The molecular weight excluding hydrogens is 380 g/mol. The van der Waals surface area contributed by atoms with Gasteiger partial charge in [-0.2, -0.15) is 0 Å². The van der Waals surface area contributed by atoms with Crippen molar-refractivity contribution in [3.05, 3.63) is 34.9 Å². The first-order chi connectivity index (χ1) is 13.0. The maximum absolute atomic E-state index is 13.2. The summed E-state index contributed by atoms with van der Waals surface area (Å²) in [4.78, 5) is 13.2. The molecule has 0 bridgehead atoms. The zero-order chi connectivity index (χ0) is 19.4. The Balaban J connectivity index is 1.89. The summed E-state index contributed by atoms with van der Waals surface area (Å²) in [5.74, 6) is -0.150. The molecule has 148 valence electrons. The molecule has 1 amide bonds. The maximum Gasteiger partial charge on any atom is 0.225 e. The lowest BCUT2D eigenvalue weighted by molar-refractivity contribution is -0.127. The van der Waals surface area contributed by atoms with Gasteiger partial charge in [0.05, 0.1) is 12.0 Å². The van der Waals surface area contributed by atoms with Crippen LogP contribution in [0.2, 0.25) is 5.02 Å². The van der Waals surface area contributed by atoms with Gasteiger partial charge in [0.1, 0.15) is 0 Å². The van der Waals surface area contributed by atoms with Crippen molar-refractivity contribution < 1.29 is 9.90 Å². The Labute approximate surface area is 172 Å². The van der Waals surface area contributed by atoms with Gasteiger partial charge in [-0.3, -0.25) is 4.79 Å². The lowest BCUT2D eigenvalue weighted by atomic mass is 9.68. The standard InChI is InChI=1S/C21H29ClN2O2S/c1-2-16(14-8-4-5-9-17(14)22)21(11-6-3-7-12-21)24-19(25)15-10-13-23-18(15)20(26)27/h4-5,8-9,15-16,18,23H,2-3,6-7,10-13H2,1H3,(H,24,25)(H,26,27). The van der Waals surface area contributed by atoms with Crippen LogP contribution in [-0.4, -0.2) is 34.2 Å². The number of carbonyl (C=O) groups is 1. The number of aliphatic hydroxyl groups is 1. The van der Waals surface area contributed by atoms with Crippen LogP contribution >= 0.6 is 23.8 Å². The molecule has 2 aliphatic rings. The van der Waals surface area contributed by atoms with Crippen molar-refractivity contribution in [3.8, 4) is 0 Å². The first-order valence-corrected chi connectivity index (χ1v) is 10.8. The van der Waals surface area contributed by atoms with E-state index in [4.69, 9.17) is 23.8 Å². The predicted molar refractivity (Wildman–Crippen MR) is 114 cm³/mol. The summed E-state index contributed by atoms with van der Waals surface area (Å²) in [7, 11) is 0. The van der Waals surface area contributed by atoms with E-state index >= 15 is 0 Å². The SMILES string of the molecule is CCC(c1ccccc1Cl)C1(NC(=O)C2CCNC2C(O)=S)CCCCC1. The van der Waals surface area contributed by atoms with Crippen LogP contribution < -0.4 is 10.6 Å². The van der Waals surface area contributed by atoms with E-state index in [9.17, 15) is 9.90 Å². The summed E-state index contributed by atoms with van der Waals surface area (Å²) >= 11 is 11.5. The molecule has 1 saturated carbocycles. The van der Waals surface area contributed by atoms with Crippen molar-refractivity contribution in [1.82, 2.24) is 10.6 Å². The molecule has 3 atom stereocenters. The van der Waals surface area contributed by atoms with Crippen LogP contribution in [0.15, 0.2) is 24.3 Å². The summed E-state index contributed by atoms with van der Waals surface area (Å²) < 4.78 is 0. The van der Waals surface area contributed by atoms with Gasteiger partial charge >= 0.3 is 0 Å². The fourth-order valence-corrected chi connectivity index (χ4v) is 5.51. The van der Waals surface area contributed by atoms with Gasteiger partial charge in [-0.15, -0.1) is 0 Å². The van der Waals surface area contributed by atoms with E-state index in [0.29, 0.717) is 13.0 Å². The van der Waals surface area contributed by atoms with E-state index in [1.807, 2.05) is 18.2 Å². The highest BCUT2D eigenvalue weighted by molar-refractivity contribution is 7.80. The number of aliphatic hydroxyl groups excluding tert-OH is 1. The Morgan fingerprint density at radius 3 is 2.70 bits per heavy atom. The average molecular weight is 409 g/mol. The zero-order valence-corrected chi connectivity index (χ0v) is 17.4. The summed E-state index contributed by atoms with van der Waals surface area (Å²) in [5.41, 5.74) is 0.821. The number of carbonyl (C=O) groups excluding carboxylic acids is 1. The van der Waals surface area contributed by atoms with Gasteiger partial charge in [0.2, 0.25) is 5.91 Å². The van der Waals surface area contributed by atoms with Crippen LogP contribution in [-0.2, 0) is 4.79 Å². The highest BCUT2D eigenvalue weighted by Crippen LogP contribution is 2.44. The first-order valence-electron chi connectivity index (χ1n) is 10.0. The Morgan fingerprint density at radius 1 is 1.37 bits per heavy atom. The third-order valence-corrected chi connectivity index (χ3v) is 6.90. The number of benzene rings is 1. The third-order valence-electron chi connectivity index (χ3n) is 6.30. The Kier molecular flexibility index (Phi) is 6.77. The molecule has 27 heavy (non-hydrogen) atoms. The van der Waals surface area contributed by atoms with Crippen molar-refractivity contribution in [3.63, 3.8) is 0 Å². The van der Waals surface area contributed by atoms with Crippen LogP contribution in [0.1, 0.15) is 63.4 Å². The lowest BCUT2D eigenvalue weighted by Gasteiger charge is -2.45. The first kappa shape index (κ1) is 20.6. The molecule has 1 aliphatic heterocycles. The van der Waals surface area contributed by atoms with Crippen molar-refractivity contribution in [2.24, 2.45) is 5.92 Å². The van der Waals surface area contributed by atoms with Gasteiger partial charge in [-0.05, 0) is 56.1 Å². The second kappa shape index (κ2) is 8.89. The minimum absolute atomic E-state index is 0.00574. The molecule has 1 saturated heterocycles. The van der Waals surface area contributed by atoms with Crippen LogP contribution in [0.25, 0.3) is 0 Å². The average Bonchev–Trinajstić information content (AvgIpc) is 3.15. The molecule has 3 rings (SSSR count). The number of nitrogens with one attached hydrogen (secondary N) is 2. The van der Waals surface area contributed by atoms with E-state index in [-0.39, 0.29) is 28.3 Å². The molecule has 1 aromatic carbocycles. The largest absolute Gasteiger partial charge is 0.501 e. The number of amides is 1. The zero-order valence-electron chi connectivity index (χ0n) is 15.8. The maximum atomic E-state index is 13.2. The number of halogens is 1. The van der Waals surface area contributed by atoms with Gasteiger partial charge in [0, 0.05) is 16.5 Å². The summed E-state index contributed by atoms with van der Waals surface area (Å²) in [6, 6.07) is 7.55. The lowest BCUT2D eigenvalue weighted by Crippen LogP contribution is -2.56. The van der Waals surface area contributed by atoms with Gasteiger partial charge in [-0.1, -0.05) is 56.0 Å². The van der Waals surface area contributed by atoms with E-state index < -0.39 is 6.04 Å². The quantitative estimate of drug-likeness (QED) is 0.606. The van der Waals surface area contributed by atoms with Gasteiger partial charge < -0.3 is 15.7 Å². The van der Waals surface area contributed by atoms with Crippen LogP contribution in [0, 0.1) is 5.92 Å². The Morgan fingerprint density at radius 2 is 2.07 bits per heavy atom. The highest BCUT2D eigenvalue weighted by atomic mass is 35.5. The molecule has 0 radical (unpaired) electrons. The molecule has 3 N–H and O–H groups in total. The normalized spacial score (nSPS) is 25.7. The molecule has 6 heteroatoms. The molecule has 1 heterocycles. The highest BCUT2D eigenvalue weighted by Gasteiger charge is 2.44. The Bertz CT molecular complexity index is 691.